The molecule has 0 bridgehead atoms. The normalized spacial score (nSPS) is 9.95. The van der Waals surface area contributed by atoms with E-state index in [-0.39, 0.29) is 42.8 Å². The smallest absolute Gasteiger partial charge is 0.243 e. The molecule has 1 aromatic rings. The van der Waals surface area contributed by atoms with Gasteiger partial charge in [0.05, 0.1) is 6.54 Å². The lowest BCUT2D eigenvalue weighted by Gasteiger charge is -2.16. The number of amides is 2. The molecule has 0 aromatic heterocycles. The van der Waals surface area contributed by atoms with Gasteiger partial charge in [-0.15, -0.1) is 0 Å². The SMILES string of the molecule is CC(=O)CCC(=O)N(C)CC(=O)Nc1ccc(F)cc1. The van der Waals surface area contributed by atoms with Crippen LogP contribution in [0, 0.1) is 5.82 Å². The number of nitrogens with zero attached hydrogens (tertiary/aromatic N) is 1. The first kappa shape index (κ1) is 15.8. The Hall–Kier alpha value is -2.24. The molecule has 108 valence electrons. The summed E-state index contributed by atoms with van der Waals surface area (Å²) in [5.41, 5.74) is 0.459. The van der Waals surface area contributed by atoms with E-state index >= 15 is 0 Å². The third-order valence-corrected chi connectivity index (χ3v) is 2.63. The summed E-state index contributed by atoms with van der Waals surface area (Å²) in [5, 5.41) is 2.55. The lowest BCUT2D eigenvalue weighted by atomic mass is 10.2. The highest BCUT2D eigenvalue weighted by atomic mass is 19.1. The number of carbonyl (C=O) groups excluding carboxylic acids is 3. The molecule has 6 heteroatoms. The van der Waals surface area contributed by atoms with Gasteiger partial charge in [0.1, 0.15) is 11.6 Å². The first-order valence-electron chi connectivity index (χ1n) is 6.17. The minimum Gasteiger partial charge on any atom is -0.336 e. The predicted molar refractivity (Wildman–Crippen MR) is 72.6 cm³/mol. The zero-order chi connectivity index (χ0) is 15.1. The summed E-state index contributed by atoms with van der Waals surface area (Å²) in [7, 11) is 1.49. The van der Waals surface area contributed by atoms with Gasteiger partial charge in [0.15, 0.2) is 0 Å². The number of benzene rings is 1. The molecule has 0 heterocycles. The number of halogens is 1. The van der Waals surface area contributed by atoms with E-state index in [2.05, 4.69) is 5.32 Å². The third-order valence-electron chi connectivity index (χ3n) is 2.63. The van der Waals surface area contributed by atoms with Crippen molar-refractivity contribution < 1.29 is 18.8 Å². The lowest BCUT2D eigenvalue weighted by Crippen LogP contribution is -2.35. The molecule has 0 radical (unpaired) electrons. The van der Waals surface area contributed by atoms with E-state index in [4.69, 9.17) is 0 Å². The van der Waals surface area contributed by atoms with Gasteiger partial charge in [-0.25, -0.2) is 4.39 Å². The molecule has 2 amide bonds. The Bertz CT molecular complexity index is 500. The summed E-state index contributed by atoms with van der Waals surface area (Å²) in [6.07, 6.45) is 0.262. The topological polar surface area (TPSA) is 66.5 Å². The molecule has 20 heavy (non-hydrogen) atoms. The molecule has 5 nitrogen and oxygen atoms in total. The van der Waals surface area contributed by atoms with Gasteiger partial charge in [0.25, 0.3) is 0 Å². The molecule has 0 saturated carbocycles. The van der Waals surface area contributed by atoms with Crippen LogP contribution in [0.15, 0.2) is 24.3 Å². The van der Waals surface area contributed by atoms with Crippen molar-refractivity contribution in [3.63, 3.8) is 0 Å². The second-order valence-corrected chi connectivity index (χ2v) is 4.51. The Kier molecular flexibility index (Phi) is 5.83. The maximum Gasteiger partial charge on any atom is 0.243 e. The molecule has 1 N–H and O–H groups in total. The fourth-order valence-electron chi connectivity index (χ4n) is 1.51. The number of anilines is 1. The van der Waals surface area contributed by atoms with E-state index in [1.165, 1.54) is 43.1 Å². The van der Waals surface area contributed by atoms with Crippen LogP contribution in [0.5, 0.6) is 0 Å². The second-order valence-electron chi connectivity index (χ2n) is 4.51. The standard InChI is InChI=1S/C14H17FN2O3/c1-10(18)3-8-14(20)17(2)9-13(19)16-12-6-4-11(15)5-7-12/h4-7H,3,8-9H2,1-2H3,(H,16,19). The summed E-state index contributed by atoms with van der Waals surface area (Å²) >= 11 is 0. The fraction of sp³-hybridized carbons (Fsp3) is 0.357. The van der Waals surface area contributed by atoms with E-state index in [0.717, 1.165) is 0 Å². The zero-order valence-corrected chi connectivity index (χ0v) is 11.5. The fourth-order valence-corrected chi connectivity index (χ4v) is 1.51. The Morgan fingerprint density at radius 1 is 1.15 bits per heavy atom. The number of ketones is 1. The zero-order valence-electron chi connectivity index (χ0n) is 11.5. The Morgan fingerprint density at radius 2 is 1.75 bits per heavy atom. The van der Waals surface area contributed by atoms with Gasteiger partial charge >= 0.3 is 0 Å². The van der Waals surface area contributed by atoms with Crippen molar-refractivity contribution in [2.45, 2.75) is 19.8 Å². The van der Waals surface area contributed by atoms with Crippen LogP contribution in [0.25, 0.3) is 0 Å². The van der Waals surface area contributed by atoms with Gasteiger partial charge < -0.3 is 15.0 Å². The maximum atomic E-state index is 12.7. The number of nitrogens with one attached hydrogen (secondary N) is 1. The van der Waals surface area contributed by atoms with Crippen LogP contribution in [-0.2, 0) is 14.4 Å². The molecule has 0 saturated heterocycles. The second kappa shape index (κ2) is 7.37. The number of rotatable bonds is 6. The number of carbonyl (C=O) groups is 3. The molecule has 0 aliphatic rings. The highest BCUT2D eigenvalue weighted by Gasteiger charge is 2.13. The van der Waals surface area contributed by atoms with Crippen LogP contribution < -0.4 is 5.32 Å². The molecule has 0 unspecified atom stereocenters. The summed E-state index contributed by atoms with van der Waals surface area (Å²) in [4.78, 5) is 35.3. The molecule has 0 fully saturated rings. The molecule has 0 aliphatic heterocycles. The monoisotopic (exact) mass is 280 g/mol. The molecule has 0 atom stereocenters. The van der Waals surface area contributed by atoms with Gasteiger partial charge in [-0.05, 0) is 31.2 Å². The summed E-state index contributed by atoms with van der Waals surface area (Å²) < 4.78 is 12.7. The van der Waals surface area contributed by atoms with Crippen molar-refractivity contribution in [3.8, 4) is 0 Å². The van der Waals surface area contributed by atoms with Crippen LogP contribution in [0.4, 0.5) is 10.1 Å². The molecule has 1 aromatic carbocycles. The van der Waals surface area contributed by atoms with Crippen LogP contribution in [0.1, 0.15) is 19.8 Å². The van der Waals surface area contributed by atoms with Crippen LogP contribution in [0.3, 0.4) is 0 Å². The van der Waals surface area contributed by atoms with Crippen LogP contribution >= 0.6 is 0 Å². The number of hydrogen-bond acceptors (Lipinski definition) is 3. The molecular formula is C14H17FN2O3. The molecular weight excluding hydrogens is 263 g/mol. The first-order valence-corrected chi connectivity index (χ1v) is 6.17. The van der Waals surface area contributed by atoms with Gasteiger partial charge in [-0.1, -0.05) is 0 Å². The summed E-state index contributed by atoms with van der Waals surface area (Å²) in [6, 6.07) is 5.34. The van der Waals surface area contributed by atoms with Crippen molar-refractivity contribution in [2.24, 2.45) is 0 Å². The molecule has 1 rings (SSSR count). The highest BCUT2D eigenvalue weighted by molar-refractivity contribution is 5.94. The van der Waals surface area contributed by atoms with Gasteiger partial charge in [-0.2, -0.15) is 0 Å². The van der Waals surface area contributed by atoms with Gasteiger partial charge in [0.2, 0.25) is 11.8 Å². The minimum absolute atomic E-state index is 0.0671. The van der Waals surface area contributed by atoms with E-state index in [9.17, 15) is 18.8 Å². The number of hydrogen-bond donors (Lipinski definition) is 1. The maximum absolute atomic E-state index is 12.7. The van der Waals surface area contributed by atoms with E-state index < -0.39 is 0 Å². The first-order chi connectivity index (χ1) is 9.38. The highest BCUT2D eigenvalue weighted by Crippen LogP contribution is 2.08. The van der Waals surface area contributed by atoms with Gasteiger partial charge in [-0.3, -0.25) is 9.59 Å². The van der Waals surface area contributed by atoms with Crippen LogP contribution in [-0.4, -0.2) is 36.1 Å². The van der Waals surface area contributed by atoms with Crippen molar-refractivity contribution in [2.75, 3.05) is 18.9 Å². The van der Waals surface area contributed by atoms with Crippen molar-refractivity contribution >= 4 is 23.3 Å². The summed E-state index contributed by atoms with van der Waals surface area (Å²) in [6.45, 7) is 1.29. The van der Waals surface area contributed by atoms with Crippen LogP contribution in [0.2, 0.25) is 0 Å². The predicted octanol–water partition coefficient (Wildman–Crippen LogP) is 1.59. The average molecular weight is 280 g/mol. The van der Waals surface area contributed by atoms with E-state index in [1.807, 2.05) is 0 Å². The van der Waals surface area contributed by atoms with E-state index in [0.29, 0.717) is 5.69 Å². The Labute approximate surface area is 116 Å². The number of Topliss-reactive ketones (excluding diaryl/α,β-unsaturated/α-hetero) is 1. The molecule has 0 spiro atoms. The largest absolute Gasteiger partial charge is 0.336 e. The summed E-state index contributed by atoms with van der Waals surface area (Å²) in [5.74, 6) is -1.10. The van der Waals surface area contributed by atoms with Crippen molar-refractivity contribution in [1.82, 2.24) is 4.90 Å². The lowest BCUT2D eigenvalue weighted by molar-refractivity contribution is -0.134. The van der Waals surface area contributed by atoms with Crippen molar-refractivity contribution in [3.05, 3.63) is 30.1 Å². The molecule has 0 aliphatic carbocycles. The Morgan fingerprint density at radius 3 is 2.30 bits per heavy atom. The Balaban J connectivity index is 2.43. The number of likely N-dealkylation sites (N-methyl/N-ethyl adjacent to an activating group) is 1. The quantitative estimate of drug-likeness (QED) is 0.860. The van der Waals surface area contributed by atoms with Crippen molar-refractivity contribution in [1.29, 1.82) is 0 Å². The van der Waals surface area contributed by atoms with E-state index in [1.54, 1.807) is 0 Å². The minimum atomic E-state index is -0.389. The average Bonchev–Trinajstić information content (AvgIpc) is 2.38. The van der Waals surface area contributed by atoms with Gasteiger partial charge in [0, 0.05) is 25.6 Å². The third kappa shape index (κ3) is 5.60.